The van der Waals surface area contributed by atoms with Gasteiger partial charge in [-0.1, -0.05) is 49.7 Å². The Morgan fingerprint density at radius 2 is 1.68 bits per heavy atom. The molecule has 4 rings (SSSR count). The molecule has 0 aliphatic rings. The first-order chi connectivity index (χ1) is 18.1. The number of likely N-dealkylation sites (N-methyl/N-ethyl adjacent to an activating group) is 2. The molecule has 0 spiro atoms. The first kappa shape index (κ1) is 28.0. The topological polar surface area (TPSA) is 75.5 Å². The van der Waals surface area contributed by atoms with Crippen LogP contribution in [0.25, 0.3) is 26.7 Å². The van der Waals surface area contributed by atoms with E-state index in [4.69, 9.17) is 11.6 Å². The van der Waals surface area contributed by atoms with Crippen LogP contribution in [0.2, 0.25) is 5.02 Å². The Hall–Kier alpha value is -2.98. The lowest BCUT2D eigenvalue weighted by atomic mass is 10.2. The normalized spacial score (nSPS) is 11.7. The first-order valence-corrected chi connectivity index (χ1v) is 15.4. The number of hydrogen-bond donors (Lipinski definition) is 0. The zero-order valence-corrected chi connectivity index (χ0v) is 24.3. The highest BCUT2D eigenvalue weighted by Gasteiger charge is 2.22. The molecule has 2 aromatic heterocycles. The Balaban J connectivity index is 1.72. The molecule has 0 saturated carbocycles. The fourth-order valence-electron chi connectivity index (χ4n) is 4.11. The molecule has 0 fully saturated rings. The molecule has 0 unspecified atom stereocenters. The number of para-hydroxylation sites is 1. The largest absolute Gasteiger partial charge is 0.339 e. The van der Waals surface area contributed by atoms with Gasteiger partial charge in [-0.25, -0.2) is 13.1 Å². The molecule has 0 N–H and O–H groups in total. The second kappa shape index (κ2) is 11.8. The summed E-state index contributed by atoms with van der Waals surface area (Å²) in [5.41, 5.74) is 2.54. The smallest absolute Gasteiger partial charge is 0.274 e. The van der Waals surface area contributed by atoms with Crippen molar-refractivity contribution in [2.75, 3.05) is 39.5 Å². The van der Waals surface area contributed by atoms with E-state index in [0.717, 1.165) is 40.6 Å². The van der Waals surface area contributed by atoms with Crippen molar-refractivity contribution >= 4 is 38.7 Å². The first-order valence-electron chi connectivity index (χ1n) is 12.4. The van der Waals surface area contributed by atoms with Crippen LogP contribution in [0.1, 0.15) is 24.3 Å². The highest BCUT2D eigenvalue weighted by molar-refractivity contribution is 7.90. The van der Waals surface area contributed by atoms with Gasteiger partial charge < -0.3 is 9.80 Å². The van der Waals surface area contributed by atoms with E-state index in [2.05, 4.69) is 23.8 Å². The monoisotopic (exact) mass is 570 g/mol. The average Bonchev–Trinajstić information content (AvgIpc) is 3.56. The summed E-state index contributed by atoms with van der Waals surface area (Å²) in [5, 5.41) is 5.21. The van der Waals surface area contributed by atoms with E-state index in [0.29, 0.717) is 22.9 Å². The number of nitrogens with zero attached hydrogens (tertiary/aromatic N) is 4. The van der Waals surface area contributed by atoms with Gasteiger partial charge in [-0.2, -0.15) is 5.10 Å². The third-order valence-corrected chi connectivity index (χ3v) is 8.99. The molecule has 0 aliphatic carbocycles. The van der Waals surface area contributed by atoms with Crippen LogP contribution in [0.15, 0.2) is 71.6 Å². The Bertz CT molecular complexity index is 1540. The fraction of sp³-hybridized carbons (Fsp3) is 0.286. The molecule has 0 saturated heterocycles. The van der Waals surface area contributed by atoms with Crippen LogP contribution >= 0.6 is 22.9 Å². The van der Waals surface area contributed by atoms with Gasteiger partial charge in [0, 0.05) is 31.3 Å². The van der Waals surface area contributed by atoms with Crippen molar-refractivity contribution in [3.8, 4) is 26.7 Å². The lowest BCUT2D eigenvalue weighted by molar-refractivity contribution is 0.0773. The Kier molecular flexibility index (Phi) is 8.72. The Morgan fingerprint density at radius 1 is 0.974 bits per heavy atom. The second-order valence-electron chi connectivity index (χ2n) is 9.00. The van der Waals surface area contributed by atoms with Crippen molar-refractivity contribution in [3.05, 3.63) is 77.4 Å². The van der Waals surface area contributed by atoms with Crippen LogP contribution in [0.4, 0.5) is 0 Å². The van der Waals surface area contributed by atoms with E-state index < -0.39 is 9.84 Å². The van der Waals surface area contributed by atoms with Crippen LogP contribution in [-0.2, 0) is 9.84 Å². The molecule has 38 heavy (non-hydrogen) atoms. The van der Waals surface area contributed by atoms with Crippen molar-refractivity contribution in [3.63, 3.8) is 0 Å². The molecular weight excluding hydrogens is 540 g/mol. The summed E-state index contributed by atoms with van der Waals surface area (Å²) in [6.07, 6.45) is 1.20. The average molecular weight is 571 g/mol. The molecular formula is C28H31ClN4O3S2. The number of sulfone groups is 1. The summed E-state index contributed by atoms with van der Waals surface area (Å²) < 4.78 is 25.8. The number of thiophene rings is 1. The minimum atomic E-state index is -3.32. The molecule has 0 aliphatic heterocycles. The van der Waals surface area contributed by atoms with Gasteiger partial charge in [-0.3, -0.25) is 4.79 Å². The number of benzene rings is 2. The Labute approximate surface area is 233 Å². The van der Waals surface area contributed by atoms with Crippen molar-refractivity contribution in [1.29, 1.82) is 0 Å². The molecule has 2 aromatic carbocycles. The molecule has 7 nitrogen and oxygen atoms in total. The summed E-state index contributed by atoms with van der Waals surface area (Å²) in [5.74, 6) is -0.165. The standard InChI is InChI=1S/C28H31ClN4O3S2/c1-5-32(6-2)17-16-31(3)28(34)23-19-25(33(30-23)24-13-8-7-12-22(24)29)27-15-14-26(37-27)20-10-9-11-21(18-20)38(4,35)36/h7-15,18-19H,5-6,16-17H2,1-4H3. The van der Waals surface area contributed by atoms with Gasteiger partial charge >= 0.3 is 0 Å². The van der Waals surface area contributed by atoms with Crippen LogP contribution in [0.3, 0.4) is 0 Å². The van der Waals surface area contributed by atoms with E-state index >= 15 is 0 Å². The van der Waals surface area contributed by atoms with Crippen LogP contribution in [0.5, 0.6) is 0 Å². The maximum absolute atomic E-state index is 13.4. The number of rotatable bonds is 10. The predicted molar refractivity (Wildman–Crippen MR) is 155 cm³/mol. The lowest BCUT2D eigenvalue weighted by Gasteiger charge is -2.22. The van der Waals surface area contributed by atoms with E-state index in [1.165, 1.54) is 17.6 Å². The third-order valence-electron chi connectivity index (χ3n) is 6.41. The summed E-state index contributed by atoms with van der Waals surface area (Å²) in [4.78, 5) is 19.4. The number of carbonyl (C=O) groups is 1. The second-order valence-corrected chi connectivity index (χ2v) is 12.5. The summed E-state index contributed by atoms with van der Waals surface area (Å²) in [7, 11) is -1.53. The van der Waals surface area contributed by atoms with Gasteiger partial charge in [-0.15, -0.1) is 11.3 Å². The quantitative estimate of drug-likeness (QED) is 0.243. The van der Waals surface area contributed by atoms with E-state index in [-0.39, 0.29) is 10.8 Å². The number of aromatic nitrogens is 2. The number of hydrogen-bond acceptors (Lipinski definition) is 6. The van der Waals surface area contributed by atoms with Crippen LogP contribution in [-0.4, -0.2) is 73.4 Å². The molecule has 2 heterocycles. The highest BCUT2D eigenvalue weighted by atomic mass is 35.5. The van der Waals surface area contributed by atoms with Crippen molar-refractivity contribution < 1.29 is 13.2 Å². The zero-order valence-electron chi connectivity index (χ0n) is 21.9. The lowest BCUT2D eigenvalue weighted by Crippen LogP contribution is -2.36. The van der Waals surface area contributed by atoms with Crippen molar-refractivity contribution in [2.45, 2.75) is 18.7 Å². The van der Waals surface area contributed by atoms with Gasteiger partial charge in [0.2, 0.25) is 0 Å². The van der Waals surface area contributed by atoms with Crippen LogP contribution < -0.4 is 0 Å². The molecule has 0 radical (unpaired) electrons. The highest BCUT2D eigenvalue weighted by Crippen LogP contribution is 2.37. The van der Waals surface area contributed by atoms with Crippen molar-refractivity contribution in [1.82, 2.24) is 19.6 Å². The number of halogens is 1. The number of carbonyl (C=O) groups excluding carboxylic acids is 1. The summed E-state index contributed by atoms with van der Waals surface area (Å²) in [6, 6.07) is 20.0. The maximum atomic E-state index is 13.4. The maximum Gasteiger partial charge on any atom is 0.274 e. The molecule has 200 valence electrons. The molecule has 0 atom stereocenters. The fourth-order valence-corrected chi connectivity index (χ4v) is 5.99. The Morgan fingerprint density at radius 3 is 2.37 bits per heavy atom. The molecule has 1 amide bonds. The van der Waals surface area contributed by atoms with Crippen molar-refractivity contribution in [2.24, 2.45) is 0 Å². The zero-order chi connectivity index (χ0) is 27.4. The van der Waals surface area contributed by atoms with E-state index in [1.54, 1.807) is 47.0 Å². The predicted octanol–water partition coefficient (Wildman–Crippen LogP) is 5.74. The van der Waals surface area contributed by atoms with E-state index in [9.17, 15) is 13.2 Å². The number of amides is 1. The summed E-state index contributed by atoms with van der Waals surface area (Å²) in [6.45, 7) is 7.45. The third kappa shape index (κ3) is 6.18. The SMILES string of the molecule is CCN(CC)CCN(C)C(=O)c1cc(-c2ccc(-c3cccc(S(C)(=O)=O)c3)s2)n(-c2ccccc2Cl)n1. The van der Waals surface area contributed by atoms with E-state index in [1.807, 2.05) is 36.4 Å². The van der Waals surface area contributed by atoms with Gasteiger partial charge in [0.1, 0.15) is 0 Å². The van der Waals surface area contributed by atoms with Gasteiger partial charge in [0.15, 0.2) is 15.5 Å². The molecule has 4 aromatic rings. The summed E-state index contributed by atoms with van der Waals surface area (Å²) >= 11 is 8.03. The van der Waals surface area contributed by atoms with Gasteiger partial charge in [-0.05, 0) is 61.1 Å². The van der Waals surface area contributed by atoms with Gasteiger partial charge in [0.25, 0.3) is 5.91 Å². The minimum Gasteiger partial charge on any atom is -0.339 e. The molecule has 10 heteroatoms. The minimum absolute atomic E-state index is 0.165. The van der Waals surface area contributed by atoms with Crippen LogP contribution in [0, 0.1) is 0 Å². The van der Waals surface area contributed by atoms with Gasteiger partial charge in [0.05, 0.1) is 26.2 Å². The molecule has 0 bridgehead atoms.